The van der Waals surface area contributed by atoms with Gasteiger partial charge in [-0.05, 0) is 38.0 Å². The Bertz CT molecular complexity index is 749. The van der Waals surface area contributed by atoms with Crippen molar-refractivity contribution in [1.82, 2.24) is 4.98 Å². The van der Waals surface area contributed by atoms with Gasteiger partial charge in [-0.1, -0.05) is 35.9 Å². The molecule has 1 heterocycles. The molecular formula is C18H17NO. The summed E-state index contributed by atoms with van der Waals surface area (Å²) in [6.45, 7) is 4.17. The molecule has 100 valence electrons. The van der Waals surface area contributed by atoms with Crippen LogP contribution in [-0.4, -0.2) is 10.8 Å². The number of aromatic nitrogens is 1. The fourth-order valence-electron chi connectivity index (χ4n) is 2.49. The number of ketones is 1. The van der Waals surface area contributed by atoms with Gasteiger partial charge in [0.15, 0.2) is 5.78 Å². The van der Waals surface area contributed by atoms with E-state index < -0.39 is 0 Å². The average molecular weight is 263 g/mol. The largest absolute Gasteiger partial charge is 0.294 e. The number of pyridine rings is 1. The Morgan fingerprint density at radius 3 is 2.90 bits per heavy atom. The van der Waals surface area contributed by atoms with E-state index >= 15 is 0 Å². The SMILES string of the molecule is CC(C)=CCC1=CCC(=O)c2cc3ccccc3nc21. The Balaban J connectivity index is 2.14. The van der Waals surface area contributed by atoms with E-state index in [0.29, 0.717) is 6.42 Å². The number of Topliss-reactive ketones (excluding diaryl/α,β-unsaturated/α-hetero) is 1. The first-order valence-electron chi connectivity index (χ1n) is 6.91. The molecule has 2 nitrogen and oxygen atoms in total. The monoisotopic (exact) mass is 263 g/mol. The van der Waals surface area contributed by atoms with Gasteiger partial charge in [-0.25, -0.2) is 4.98 Å². The topological polar surface area (TPSA) is 30.0 Å². The Morgan fingerprint density at radius 1 is 1.30 bits per heavy atom. The van der Waals surface area contributed by atoms with Crippen LogP contribution in [0.1, 0.15) is 42.7 Å². The zero-order valence-electron chi connectivity index (χ0n) is 11.8. The molecule has 1 aliphatic carbocycles. The van der Waals surface area contributed by atoms with Crippen molar-refractivity contribution in [2.24, 2.45) is 0 Å². The lowest BCUT2D eigenvalue weighted by molar-refractivity contribution is 0.0994. The number of para-hydroxylation sites is 1. The van der Waals surface area contributed by atoms with E-state index in [4.69, 9.17) is 4.98 Å². The quantitative estimate of drug-likeness (QED) is 0.743. The number of carbonyl (C=O) groups is 1. The van der Waals surface area contributed by atoms with E-state index in [-0.39, 0.29) is 5.78 Å². The number of nitrogens with zero attached hydrogens (tertiary/aromatic N) is 1. The molecule has 0 amide bonds. The lowest BCUT2D eigenvalue weighted by Gasteiger charge is -2.16. The summed E-state index contributed by atoms with van der Waals surface area (Å²) in [5.41, 5.74) is 5.02. The van der Waals surface area contributed by atoms with Crippen LogP contribution in [0.2, 0.25) is 0 Å². The molecule has 0 radical (unpaired) electrons. The second kappa shape index (κ2) is 5.04. The molecule has 3 rings (SSSR count). The second-order valence-corrected chi connectivity index (χ2v) is 5.42. The molecule has 1 aliphatic rings. The molecule has 2 aromatic rings. The average Bonchev–Trinajstić information content (AvgIpc) is 2.45. The highest BCUT2D eigenvalue weighted by Gasteiger charge is 2.20. The van der Waals surface area contributed by atoms with Crippen molar-refractivity contribution < 1.29 is 4.79 Å². The highest BCUT2D eigenvalue weighted by Crippen LogP contribution is 2.30. The molecule has 1 aromatic heterocycles. The molecular weight excluding hydrogens is 246 g/mol. The number of rotatable bonds is 2. The van der Waals surface area contributed by atoms with Crippen molar-refractivity contribution in [3.63, 3.8) is 0 Å². The number of fused-ring (bicyclic) bond motifs is 2. The summed E-state index contributed by atoms with van der Waals surface area (Å²) in [4.78, 5) is 16.8. The molecule has 0 atom stereocenters. The molecule has 20 heavy (non-hydrogen) atoms. The Labute approximate surface area is 118 Å². The first-order valence-corrected chi connectivity index (χ1v) is 6.91. The molecule has 0 saturated carbocycles. The number of hydrogen-bond acceptors (Lipinski definition) is 2. The van der Waals surface area contributed by atoms with Gasteiger partial charge in [0, 0.05) is 17.4 Å². The van der Waals surface area contributed by atoms with E-state index in [1.54, 1.807) is 0 Å². The van der Waals surface area contributed by atoms with Crippen molar-refractivity contribution in [1.29, 1.82) is 0 Å². The van der Waals surface area contributed by atoms with Crippen LogP contribution in [0.5, 0.6) is 0 Å². The first kappa shape index (κ1) is 12.8. The summed E-state index contributed by atoms with van der Waals surface area (Å²) in [7, 11) is 0. The number of hydrogen-bond donors (Lipinski definition) is 0. The van der Waals surface area contributed by atoms with Gasteiger partial charge >= 0.3 is 0 Å². The van der Waals surface area contributed by atoms with Gasteiger partial charge in [0.05, 0.1) is 11.2 Å². The fraction of sp³-hybridized carbons (Fsp3) is 0.222. The highest BCUT2D eigenvalue weighted by molar-refractivity contribution is 6.06. The summed E-state index contributed by atoms with van der Waals surface area (Å²) < 4.78 is 0. The number of benzene rings is 1. The van der Waals surface area contributed by atoms with Gasteiger partial charge < -0.3 is 0 Å². The van der Waals surface area contributed by atoms with Crippen molar-refractivity contribution in [3.05, 3.63) is 59.3 Å². The Hall–Kier alpha value is -2.22. The zero-order valence-corrected chi connectivity index (χ0v) is 11.8. The van der Waals surface area contributed by atoms with Crippen molar-refractivity contribution in [2.45, 2.75) is 26.7 Å². The van der Waals surface area contributed by atoms with Gasteiger partial charge in [0.1, 0.15) is 0 Å². The number of carbonyl (C=O) groups excluding carboxylic acids is 1. The summed E-state index contributed by atoms with van der Waals surface area (Å²) in [6, 6.07) is 9.93. The van der Waals surface area contributed by atoms with Crippen LogP contribution in [0, 0.1) is 0 Å². The Kier molecular flexibility index (Phi) is 3.23. The van der Waals surface area contributed by atoms with Crippen molar-refractivity contribution in [2.75, 3.05) is 0 Å². The molecule has 0 saturated heterocycles. The third-order valence-electron chi connectivity index (χ3n) is 3.59. The standard InChI is InChI=1S/C18H17NO/c1-12(2)7-8-13-9-10-17(20)15-11-14-5-3-4-6-16(14)19-18(13)15/h3-7,9,11H,8,10H2,1-2H3. The molecule has 0 bridgehead atoms. The van der Waals surface area contributed by atoms with E-state index in [1.165, 1.54) is 5.57 Å². The first-order chi connectivity index (χ1) is 9.65. The van der Waals surface area contributed by atoms with Crippen LogP contribution in [0.3, 0.4) is 0 Å². The third kappa shape index (κ3) is 2.29. The fourth-order valence-corrected chi connectivity index (χ4v) is 2.49. The van der Waals surface area contributed by atoms with Crippen LogP contribution in [-0.2, 0) is 0 Å². The highest BCUT2D eigenvalue weighted by atomic mass is 16.1. The van der Waals surface area contributed by atoms with Gasteiger partial charge in [-0.15, -0.1) is 0 Å². The maximum Gasteiger partial charge on any atom is 0.168 e. The minimum atomic E-state index is 0.166. The summed E-state index contributed by atoms with van der Waals surface area (Å²) in [5, 5.41) is 1.03. The third-order valence-corrected chi connectivity index (χ3v) is 3.59. The summed E-state index contributed by atoms with van der Waals surface area (Å²) in [6.07, 6.45) is 5.53. The maximum atomic E-state index is 12.1. The lowest BCUT2D eigenvalue weighted by atomic mass is 9.91. The van der Waals surface area contributed by atoms with Gasteiger partial charge in [0.25, 0.3) is 0 Å². The summed E-state index contributed by atoms with van der Waals surface area (Å²) >= 11 is 0. The maximum absolute atomic E-state index is 12.1. The van der Waals surface area contributed by atoms with Crippen LogP contribution in [0.15, 0.2) is 48.1 Å². The van der Waals surface area contributed by atoms with Crippen LogP contribution < -0.4 is 0 Å². The lowest BCUT2D eigenvalue weighted by Crippen LogP contribution is -2.10. The summed E-state index contributed by atoms with van der Waals surface area (Å²) in [5.74, 6) is 0.166. The zero-order chi connectivity index (χ0) is 14.1. The minimum absolute atomic E-state index is 0.166. The number of allylic oxidation sites excluding steroid dienone is 4. The molecule has 1 aromatic carbocycles. The Morgan fingerprint density at radius 2 is 2.10 bits per heavy atom. The van der Waals surface area contributed by atoms with Crippen LogP contribution in [0.25, 0.3) is 16.5 Å². The van der Waals surface area contributed by atoms with Crippen molar-refractivity contribution >= 4 is 22.3 Å². The van der Waals surface area contributed by atoms with Gasteiger partial charge in [0.2, 0.25) is 0 Å². The van der Waals surface area contributed by atoms with E-state index in [9.17, 15) is 4.79 Å². The predicted molar refractivity (Wildman–Crippen MR) is 82.7 cm³/mol. The smallest absolute Gasteiger partial charge is 0.168 e. The second-order valence-electron chi connectivity index (χ2n) is 5.42. The normalized spacial score (nSPS) is 13.9. The van der Waals surface area contributed by atoms with E-state index in [0.717, 1.165) is 34.2 Å². The predicted octanol–water partition coefficient (Wildman–Crippen LogP) is 4.56. The van der Waals surface area contributed by atoms with Gasteiger partial charge in [-0.3, -0.25) is 4.79 Å². The van der Waals surface area contributed by atoms with Crippen LogP contribution in [0.4, 0.5) is 0 Å². The van der Waals surface area contributed by atoms with Crippen molar-refractivity contribution in [3.8, 4) is 0 Å². The minimum Gasteiger partial charge on any atom is -0.294 e. The molecule has 0 fully saturated rings. The molecule has 0 unspecified atom stereocenters. The molecule has 0 spiro atoms. The van der Waals surface area contributed by atoms with Gasteiger partial charge in [-0.2, -0.15) is 0 Å². The van der Waals surface area contributed by atoms with E-state index in [1.807, 2.05) is 36.4 Å². The molecule has 0 aliphatic heterocycles. The molecule has 0 N–H and O–H groups in total. The van der Waals surface area contributed by atoms with Crippen LogP contribution >= 0.6 is 0 Å². The molecule has 2 heteroatoms. The van der Waals surface area contributed by atoms with E-state index in [2.05, 4.69) is 19.9 Å².